The fourth-order valence-electron chi connectivity index (χ4n) is 3.46. The van der Waals surface area contributed by atoms with E-state index in [0.717, 1.165) is 23.6 Å². The van der Waals surface area contributed by atoms with Crippen LogP contribution in [-0.2, 0) is 23.8 Å². The second-order valence-electron chi connectivity index (χ2n) is 8.18. The number of aryl methyl sites for hydroxylation is 2. The summed E-state index contributed by atoms with van der Waals surface area (Å²) in [5, 5.41) is 8.91. The molecule has 0 aliphatic rings. The predicted octanol–water partition coefficient (Wildman–Crippen LogP) is 6.71. The summed E-state index contributed by atoms with van der Waals surface area (Å²) in [6.07, 6.45) is -2.57. The van der Waals surface area contributed by atoms with Gasteiger partial charge in [-0.15, -0.1) is 0 Å². The van der Waals surface area contributed by atoms with Crippen LogP contribution in [0.4, 0.5) is 13.2 Å². The third kappa shape index (κ3) is 7.90. The lowest BCUT2D eigenvalue weighted by Crippen LogP contribution is -2.17. The highest BCUT2D eigenvalue weighted by molar-refractivity contribution is 5.67. The Balaban J connectivity index is 1.63. The Labute approximate surface area is 207 Å². The standard InChI is InChI=1S/C27H28F3NO5/c1-3-19-15-23(11-9-20(19)10-12-25(32)33)34-14-13-18(2)35-26-24(36-22-7-5-4-6-8-22)16-21(17-31-26)27(28,29)30/h4-9,11,15-18H,3,10,12-14H2,1-2H3,(H,32,33). The number of carbonyl (C=O) groups is 1. The van der Waals surface area contributed by atoms with Crippen molar-refractivity contribution in [1.82, 2.24) is 4.98 Å². The van der Waals surface area contributed by atoms with Gasteiger partial charge in [0, 0.05) is 25.1 Å². The summed E-state index contributed by atoms with van der Waals surface area (Å²) in [6.45, 7) is 4.06. The zero-order chi connectivity index (χ0) is 26.1. The number of carboxylic acids is 1. The Kier molecular flexibility index (Phi) is 9.16. The first-order chi connectivity index (χ1) is 17.2. The van der Waals surface area contributed by atoms with E-state index in [2.05, 4.69) is 4.98 Å². The molecule has 1 heterocycles. The van der Waals surface area contributed by atoms with Crippen LogP contribution < -0.4 is 14.2 Å². The van der Waals surface area contributed by atoms with Gasteiger partial charge in [-0.05, 0) is 55.2 Å². The molecule has 2 aromatic carbocycles. The summed E-state index contributed by atoms with van der Waals surface area (Å²) in [6, 6.07) is 14.9. The van der Waals surface area contributed by atoms with Crippen LogP contribution in [0.5, 0.6) is 23.1 Å². The Morgan fingerprint density at radius 2 is 1.81 bits per heavy atom. The fourth-order valence-corrected chi connectivity index (χ4v) is 3.46. The number of pyridine rings is 1. The van der Waals surface area contributed by atoms with E-state index in [0.29, 0.717) is 37.1 Å². The fraction of sp³-hybridized carbons (Fsp3) is 0.333. The minimum absolute atomic E-state index is 0.0459. The Hall–Kier alpha value is -3.75. The number of benzene rings is 2. The van der Waals surface area contributed by atoms with Crippen LogP contribution in [0, 0.1) is 0 Å². The lowest BCUT2D eigenvalue weighted by molar-refractivity contribution is -0.138. The molecule has 1 atom stereocenters. The monoisotopic (exact) mass is 503 g/mol. The number of nitrogens with zero attached hydrogens (tertiary/aromatic N) is 1. The van der Waals surface area contributed by atoms with Crippen molar-refractivity contribution in [2.75, 3.05) is 6.61 Å². The zero-order valence-corrected chi connectivity index (χ0v) is 20.0. The maximum Gasteiger partial charge on any atom is 0.418 e. The number of hydrogen-bond donors (Lipinski definition) is 1. The van der Waals surface area contributed by atoms with E-state index in [4.69, 9.17) is 19.3 Å². The van der Waals surface area contributed by atoms with Gasteiger partial charge in [-0.1, -0.05) is 31.2 Å². The summed E-state index contributed by atoms with van der Waals surface area (Å²) in [4.78, 5) is 14.7. The molecule has 0 radical (unpaired) electrons. The topological polar surface area (TPSA) is 77.9 Å². The minimum atomic E-state index is -4.57. The van der Waals surface area contributed by atoms with Crippen LogP contribution in [0.2, 0.25) is 0 Å². The van der Waals surface area contributed by atoms with E-state index in [1.54, 1.807) is 43.3 Å². The highest BCUT2D eigenvalue weighted by Crippen LogP contribution is 2.37. The molecule has 3 aromatic rings. The molecule has 0 spiro atoms. The lowest BCUT2D eigenvalue weighted by atomic mass is 10.0. The van der Waals surface area contributed by atoms with Crippen molar-refractivity contribution >= 4 is 5.97 Å². The van der Waals surface area contributed by atoms with Crippen molar-refractivity contribution in [1.29, 1.82) is 0 Å². The predicted molar refractivity (Wildman–Crippen MR) is 128 cm³/mol. The highest BCUT2D eigenvalue weighted by atomic mass is 19.4. The summed E-state index contributed by atoms with van der Waals surface area (Å²) in [7, 11) is 0. The van der Waals surface area contributed by atoms with Crippen molar-refractivity contribution in [2.24, 2.45) is 0 Å². The maximum absolute atomic E-state index is 13.2. The second-order valence-corrected chi connectivity index (χ2v) is 8.18. The van der Waals surface area contributed by atoms with Gasteiger partial charge >= 0.3 is 12.1 Å². The van der Waals surface area contributed by atoms with Crippen molar-refractivity contribution in [3.05, 3.63) is 77.5 Å². The molecule has 9 heteroatoms. The molecule has 0 amide bonds. The van der Waals surface area contributed by atoms with E-state index < -0.39 is 23.8 Å². The van der Waals surface area contributed by atoms with E-state index in [1.807, 2.05) is 19.1 Å². The number of halogens is 3. The molecule has 0 fully saturated rings. The van der Waals surface area contributed by atoms with Gasteiger partial charge in [0.1, 0.15) is 17.6 Å². The molecule has 0 bridgehead atoms. The van der Waals surface area contributed by atoms with Gasteiger partial charge < -0.3 is 19.3 Å². The van der Waals surface area contributed by atoms with Crippen molar-refractivity contribution in [2.45, 2.75) is 51.8 Å². The highest BCUT2D eigenvalue weighted by Gasteiger charge is 2.32. The molecule has 192 valence electrons. The molecule has 1 unspecified atom stereocenters. The van der Waals surface area contributed by atoms with Gasteiger partial charge in [0.05, 0.1) is 12.2 Å². The van der Waals surface area contributed by atoms with Crippen LogP contribution in [0.3, 0.4) is 0 Å². The summed E-state index contributed by atoms with van der Waals surface area (Å²) < 4.78 is 56.9. The molecule has 0 aliphatic heterocycles. The van der Waals surface area contributed by atoms with Gasteiger partial charge in [-0.3, -0.25) is 4.79 Å². The molecule has 0 aliphatic carbocycles. The van der Waals surface area contributed by atoms with Crippen LogP contribution in [0.15, 0.2) is 60.8 Å². The molecule has 1 aromatic heterocycles. The summed E-state index contributed by atoms with van der Waals surface area (Å²) in [5.41, 5.74) is 1.06. The minimum Gasteiger partial charge on any atom is -0.493 e. The number of carboxylic acid groups (broad SMARTS) is 1. The van der Waals surface area contributed by atoms with Gasteiger partial charge in [-0.2, -0.15) is 13.2 Å². The van der Waals surface area contributed by atoms with Crippen LogP contribution in [0.1, 0.15) is 43.4 Å². The van der Waals surface area contributed by atoms with Crippen molar-refractivity contribution in [3.63, 3.8) is 0 Å². The third-order valence-electron chi connectivity index (χ3n) is 5.39. The Morgan fingerprint density at radius 1 is 1.06 bits per heavy atom. The van der Waals surface area contributed by atoms with Gasteiger partial charge in [-0.25, -0.2) is 4.98 Å². The molecular formula is C27H28F3NO5. The molecule has 36 heavy (non-hydrogen) atoms. The number of para-hydroxylation sites is 1. The molecule has 6 nitrogen and oxygen atoms in total. The number of hydrogen-bond acceptors (Lipinski definition) is 5. The molecule has 0 saturated heterocycles. The largest absolute Gasteiger partial charge is 0.493 e. The van der Waals surface area contributed by atoms with Crippen LogP contribution in [0.25, 0.3) is 0 Å². The molecular weight excluding hydrogens is 475 g/mol. The van der Waals surface area contributed by atoms with E-state index >= 15 is 0 Å². The average Bonchev–Trinajstić information content (AvgIpc) is 2.84. The number of ether oxygens (including phenoxy) is 3. The quantitative estimate of drug-likeness (QED) is 0.296. The zero-order valence-electron chi connectivity index (χ0n) is 20.0. The molecule has 1 N–H and O–H groups in total. The number of aromatic nitrogens is 1. The molecule has 0 saturated carbocycles. The first kappa shape index (κ1) is 26.8. The van der Waals surface area contributed by atoms with E-state index in [9.17, 15) is 18.0 Å². The number of rotatable bonds is 12. The van der Waals surface area contributed by atoms with Gasteiger partial charge in [0.15, 0.2) is 5.75 Å². The maximum atomic E-state index is 13.2. The van der Waals surface area contributed by atoms with Crippen molar-refractivity contribution < 1.29 is 37.3 Å². The number of aliphatic carboxylic acids is 1. The lowest BCUT2D eigenvalue weighted by Gasteiger charge is -2.18. The van der Waals surface area contributed by atoms with Gasteiger partial charge in [0.2, 0.25) is 0 Å². The second kappa shape index (κ2) is 12.3. The van der Waals surface area contributed by atoms with Gasteiger partial charge in [0.25, 0.3) is 5.88 Å². The summed E-state index contributed by atoms with van der Waals surface area (Å²) in [5.74, 6) is -0.00756. The SMILES string of the molecule is CCc1cc(OCCC(C)Oc2ncc(C(F)(F)F)cc2Oc2ccccc2)ccc1CCC(=O)O. The molecule has 3 rings (SSSR count). The number of alkyl halides is 3. The Bertz CT molecular complexity index is 1150. The van der Waals surface area contributed by atoms with Crippen LogP contribution in [-0.4, -0.2) is 28.8 Å². The van der Waals surface area contributed by atoms with Crippen molar-refractivity contribution in [3.8, 4) is 23.1 Å². The smallest absolute Gasteiger partial charge is 0.418 e. The third-order valence-corrected chi connectivity index (χ3v) is 5.39. The van der Waals surface area contributed by atoms with Crippen LogP contribution >= 0.6 is 0 Å². The normalized spacial score (nSPS) is 12.1. The first-order valence-corrected chi connectivity index (χ1v) is 11.6. The van der Waals surface area contributed by atoms with E-state index in [-0.39, 0.29) is 18.1 Å². The summed E-state index contributed by atoms with van der Waals surface area (Å²) >= 11 is 0. The first-order valence-electron chi connectivity index (χ1n) is 11.6. The van der Waals surface area contributed by atoms with E-state index in [1.165, 1.54) is 0 Å². The Morgan fingerprint density at radius 3 is 2.47 bits per heavy atom. The average molecular weight is 504 g/mol.